The second kappa shape index (κ2) is 3.94. The lowest BCUT2D eigenvalue weighted by Gasteiger charge is -2.22. The molecule has 2 aromatic rings. The molecule has 18 heavy (non-hydrogen) atoms. The number of anilines is 1. The third-order valence-corrected chi connectivity index (χ3v) is 3.22. The standard InChI is InChI=1S/C13H13N3O2/c1-7-15-9-5-8(11-3-2-4-18-11)6-10(17)12(9)13(14)16-7/h2-4,8H,5-6H2,1H3,(H2,14,15,16)/t8-/m0/s1. The van der Waals surface area contributed by atoms with Crippen LogP contribution in [0.3, 0.4) is 0 Å². The normalized spacial score (nSPS) is 18.7. The molecule has 0 saturated carbocycles. The summed E-state index contributed by atoms with van der Waals surface area (Å²) in [7, 11) is 0. The molecule has 0 fully saturated rings. The van der Waals surface area contributed by atoms with E-state index in [-0.39, 0.29) is 11.7 Å². The summed E-state index contributed by atoms with van der Waals surface area (Å²) in [5, 5.41) is 0. The number of nitrogens with zero attached hydrogens (tertiary/aromatic N) is 2. The zero-order valence-electron chi connectivity index (χ0n) is 10.0. The van der Waals surface area contributed by atoms with Gasteiger partial charge in [0.15, 0.2) is 5.78 Å². The maximum Gasteiger partial charge on any atom is 0.169 e. The highest BCUT2D eigenvalue weighted by Crippen LogP contribution is 2.33. The lowest BCUT2D eigenvalue weighted by Crippen LogP contribution is -2.22. The molecule has 1 aliphatic rings. The van der Waals surface area contributed by atoms with E-state index in [0.29, 0.717) is 30.0 Å². The van der Waals surface area contributed by atoms with E-state index >= 15 is 0 Å². The van der Waals surface area contributed by atoms with Crippen molar-refractivity contribution in [1.29, 1.82) is 0 Å². The molecule has 0 radical (unpaired) electrons. The number of ketones is 1. The van der Waals surface area contributed by atoms with Gasteiger partial charge in [0.05, 0.1) is 17.5 Å². The van der Waals surface area contributed by atoms with Gasteiger partial charge in [-0.2, -0.15) is 0 Å². The first-order valence-corrected chi connectivity index (χ1v) is 5.84. The van der Waals surface area contributed by atoms with Crippen molar-refractivity contribution in [3.63, 3.8) is 0 Å². The largest absolute Gasteiger partial charge is 0.469 e. The summed E-state index contributed by atoms with van der Waals surface area (Å²) >= 11 is 0. The minimum Gasteiger partial charge on any atom is -0.469 e. The molecule has 3 rings (SSSR count). The number of nitrogens with two attached hydrogens (primary N) is 1. The molecule has 2 aromatic heterocycles. The Labute approximate surface area is 104 Å². The van der Waals surface area contributed by atoms with Crippen LogP contribution in [0.1, 0.15) is 40.0 Å². The van der Waals surface area contributed by atoms with Crippen molar-refractivity contribution in [1.82, 2.24) is 9.97 Å². The Morgan fingerprint density at radius 3 is 2.94 bits per heavy atom. The molecule has 0 amide bonds. The molecule has 0 spiro atoms. The Balaban J connectivity index is 2.04. The van der Waals surface area contributed by atoms with Crippen molar-refractivity contribution in [2.75, 3.05) is 5.73 Å². The van der Waals surface area contributed by atoms with Crippen LogP contribution < -0.4 is 5.73 Å². The highest BCUT2D eigenvalue weighted by Gasteiger charge is 2.31. The lowest BCUT2D eigenvalue weighted by atomic mass is 9.84. The Hall–Kier alpha value is -2.17. The average Bonchev–Trinajstić information content (AvgIpc) is 2.80. The van der Waals surface area contributed by atoms with Gasteiger partial charge in [0, 0.05) is 18.8 Å². The number of hydrogen-bond donors (Lipinski definition) is 1. The number of hydrogen-bond acceptors (Lipinski definition) is 5. The average molecular weight is 243 g/mol. The number of aromatic nitrogens is 2. The molecular weight excluding hydrogens is 230 g/mol. The minimum absolute atomic E-state index is 0.00449. The summed E-state index contributed by atoms with van der Waals surface area (Å²) in [5.41, 5.74) is 7.02. The molecule has 0 unspecified atom stereocenters. The second-order valence-electron chi connectivity index (χ2n) is 4.52. The maximum absolute atomic E-state index is 12.1. The Kier molecular flexibility index (Phi) is 2.40. The van der Waals surface area contributed by atoms with Crippen molar-refractivity contribution in [2.45, 2.75) is 25.7 Å². The quantitative estimate of drug-likeness (QED) is 0.826. The van der Waals surface area contributed by atoms with Crippen LogP contribution in [0.4, 0.5) is 5.82 Å². The van der Waals surface area contributed by atoms with E-state index < -0.39 is 0 Å². The third-order valence-electron chi connectivity index (χ3n) is 3.22. The summed E-state index contributed by atoms with van der Waals surface area (Å²) < 4.78 is 5.37. The molecule has 1 aliphatic carbocycles. The van der Waals surface area contributed by atoms with Crippen molar-refractivity contribution >= 4 is 11.6 Å². The molecule has 5 nitrogen and oxygen atoms in total. The third kappa shape index (κ3) is 1.68. The van der Waals surface area contributed by atoms with Gasteiger partial charge in [-0.05, 0) is 19.1 Å². The van der Waals surface area contributed by atoms with Gasteiger partial charge in [-0.1, -0.05) is 0 Å². The molecule has 0 bridgehead atoms. The topological polar surface area (TPSA) is 82.0 Å². The van der Waals surface area contributed by atoms with Crippen LogP contribution in [0.2, 0.25) is 0 Å². The zero-order valence-corrected chi connectivity index (χ0v) is 10.0. The molecule has 5 heteroatoms. The first kappa shape index (κ1) is 11.0. The van der Waals surface area contributed by atoms with Gasteiger partial charge in [-0.25, -0.2) is 9.97 Å². The highest BCUT2D eigenvalue weighted by molar-refractivity contribution is 6.02. The van der Waals surface area contributed by atoms with Crippen LogP contribution in [0, 0.1) is 6.92 Å². The maximum atomic E-state index is 12.1. The number of Topliss-reactive ketones (excluding diaryl/α,β-unsaturated/α-hetero) is 1. The molecular formula is C13H13N3O2. The van der Waals surface area contributed by atoms with E-state index in [9.17, 15) is 4.79 Å². The lowest BCUT2D eigenvalue weighted by molar-refractivity contribution is 0.0959. The number of aryl methyl sites for hydroxylation is 1. The number of carbonyl (C=O) groups excluding carboxylic acids is 1. The van der Waals surface area contributed by atoms with E-state index in [4.69, 9.17) is 10.2 Å². The molecule has 0 aromatic carbocycles. The van der Waals surface area contributed by atoms with Crippen molar-refractivity contribution in [3.05, 3.63) is 41.2 Å². The molecule has 0 aliphatic heterocycles. The Morgan fingerprint density at radius 1 is 1.39 bits per heavy atom. The van der Waals surface area contributed by atoms with E-state index in [2.05, 4.69) is 9.97 Å². The summed E-state index contributed by atoms with van der Waals surface area (Å²) in [4.78, 5) is 20.5. The summed E-state index contributed by atoms with van der Waals surface area (Å²) in [5.74, 6) is 1.76. The summed E-state index contributed by atoms with van der Waals surface area (Å²) in [6.07, 6.45) is 2.69. The first-order chi connectivity index (χ1) is 8.65. The van der Waals surface area contributed by atoms with Crippen LogP contribution in [0.5, 0.6) is 0 Å². The van der Waals surface area contributed by atoms with Crippen molar-refractivity contribution in [3.8, 4) is 0 Å². The highest BCUT2D eigenvalue weighted by atomic mass is 16.3. The first-order valence-electron chi connectivity index (χ1n) is 5.84. The van der Waals surface area contributed by atoms with E-state index in [1.54, 1.807) is 13.2 Å². The van der Waals surface area contributed by atoms with Gasteiger partial charge in [-0.15, -0.1) is 0 Å². The number of carbonyl (C=O) groups is 1. The fourth-order valence-corrected chi connectivity index (χ4v) is 2.46. The van der Waals surface area contributed by atoms with Crippen LogP contribution in [-0.4, -0.2) is 15.8 Å². The van der Waals surface area contributed by atoms with Crippen LogP contribution in [0.25, 0.3) is 0 Å². The van der Waals surface area contributed by atoms with Crippen LogP contribution in [-0.2, 0) is 6.42 Å². The Bertz CT molecular complexity index is 605. The van der Waals surface area contributed by atoms with Crippen LogP contribution >= 0.6 is 0 Å². The number of fused-ring (bicyclic) bond motifs is 1. The minimum atomic E-state index is -0.00449. The van der Waals surface area contributed by atoms with Crippen LogP contribution in [0.15, 0.2) is 22.8 Å². The van der Waals surface area contributed by atoms with Crippen molar-refractivity contribution in [2.24, 2.45) is 0 Å². The fourth-order valence-electron chi connectivity index (χ4n) is 2.46. The zero-order chi connectivity index (χ0) is 12.7. The van der Waals surface area contributed by atoms with Gasteiger partial charge in [0.1, 0.15) is 17.4 Å². The molecule has 1 atom stereocenters. The van der Waals surface area contributed by atoms with E-state index in [1.165, 1.54) is 0 Å². The number of rotatable bonds is 1. The fraction of sp³-hybridized carbons (Fsp3) is 0.308. The predicted octanol–water partition coefficient (Wildman–Crippen LogP) is 1.87. The van der Waals surface area contributed by atoms with Gasteiger partial charge in [-0.3, -0.25) is 4.79 Å². The summed E-state index contributed by atoms with van der Waals surface area (Å²) in [6, 6.07) is 3.72. The predicted molar refractivity (Wildman–Crippen MR) is 65.3 cm³/mol. The second-order valence-corrected chi connectivity index (χ2v) is 4.52. The monoisotopic (exact) mass is 243 g/mol. The molecule has 2 N–H and O–H groups in total. The van der Waals surface area contributed by atoms with Gasteiger partial charge < -0.3 is 10.2 Å². The van der Waals surface area contributed by atoms with Gasteiger partial charge in [0.25, 0.3) is 0 Å². The smallest absolute Gasteiger partial charge is 0.169 e. The molecule has 92 valence electrons. The number of furan rings is 1. The molecule has 0 saturated heterocycles. The van der Waals surface area contributed by atoms with Crippen molar-refractivity contribution < 1.29 is 9.21 Å². The van der Waals surface area contributed by atoms with Gasteiger partial charge in [0.2, 0.25) is 0 Å². The van der Waals surface area contributed by atoms with Gasteiger partial charge >= 0.3 is 0 Å². The SMILES string of the molecule is Cc1nc(N)c2c(n1)C[C@H](c1ccco1)CC2=O. The van der Waals surface area contributed by atoms with E-state index in [1.807, 2.05) is 12.1 Å². The Morgan fingerprint density at radius 2 is 2.22 bits per heavy atom. The number of nitrogen functional groups attached to an aromatic ring is 1. The summed E-state index contributed by atoms with van der Waals surface area (Å²) in [6.45, 7) is 1.78. The molecule has 2 heterocycles. The van der Waals surface area contributed by atoms with E-state index in [0.717, 1.165) is 11.5 Å².